The quantitative estimate of drug-likeness (QED) is 0.716. The number of methoxy groups -OCH3 is 1. The summed E-state index contributed by atoms with van der Waals surface area (Å²) in [6, 6.07) is 9.34. The van der Waals surface area contributed by atoms with Gasteiger partial charge in [-0.2, -0.15) is 0 Å². The van der Waals surface area contributed by atoms with Crippen LogP contribution in [0.5, 0.6) is 0 Å². The van der Waals surface area contributed by atoms with Crippen molar-refractivity contribution in [1.29, 1.82) is 0 Å². The molecule has 0 radical (unpaired) electrons. The van der Waals surface area contributed by atoms with E-state index in [1.807, 2.05) is 30.3 Å². The average Bonchev–Trinajstić information content (AvgIpc) is 3.12. The average molecular weight is 417 g/mol. The van der Waals surface area contributed by atoms with E-state index in [1.54, 1.807) is 6.92 Å². The zero-order valence-corrected chi connectivity index (χ0v) is 17.9. The SMILES string of the molecule is COC(=O)[C@@]1(C)N(C(=O)OCc2ccccc2)CCC1(C(=O)CN)C1CCCCC1. The van der Waals surface area contributed by atoms with Crippen molar-refractivity contribution >= 4 is 17.8 Å². The first-order valence-corrected chi connectivity index (χ1v) is 10.7. The molecule has 164 valence electrons. The summed E-state index contributed by atoms with van der Waals surface area (Å²) < 4.78 is 10.7. The largest absolute Gasteiger partial charge is 0.467 e. The van der Waals surface area contributed by atoms with Crippen molar-refractivity contribution in [3.8, 4) is 0 Å². The standard InChI is InChI=1S/C23H32N2O5/c1-22(20(27)29-2)23(19(26)15-24,18-11-7-4-8-12-18)13-14-25(22)21(28)30-16-17-9-5-3-6-10-17/h3,5-6,9-10,18H,4,7-8,11-16,24H2,1-2H3/t22-,23?/m1/s1. The van der Waals surface area contributed by atoms with Gasteiger partial charge < -0.3 is 15.2 Å². The number of carbonyl (C=O) groups is 3. The summed E-state index contributed by atoms with van der Waals surface area (Å²) in [5.41, 5.74) is 4.17. The van der Waals surface area contributed by atoms with Crippen molar-refractivity contribution in [2.75, 3.05) is 20.2 Å². The highest BCUT2D eigenvalue weighted by Gasteiger charge is 2.69. The lowest BCUT2D eigenvalue weighted by Gasteiger charge is -2.48. The van der Waals surface area contributed by atoms with Crippen LogP contribution in [0, 0.1) is 11.3 Å². The van der Waals surface area contributed by atoms with Crippen molar-refractivity contribution in [2.24, 2.45) is 17.1 Å². The minimum absolute atomic E-state index is 0.0154. The molecular weight excluding hydrogens is 384 g/mol. The monoisotopic (exact) mass is 416 g/mol. The molecule has 2 fully saturated rings. The Morgan fingerprint density at radius 1 is 1.13 bits per heavy atom. The fourth-order valence-corrected chi connectivity index (χ4v) is 5.58. The highest BCUT2D eigenvalue weighted by Crippen LogP contribution is 2.55. The van der Waals surface area contributed by atoms with Gasteiger partial charge in [0, 0.05) is 6.54 Å². The number of rotatable bonds is 6. The van der Waals surface area contributed by atoms with E-state index in [-0.39, 0.29) is 31.4 Å². The second-order valence-corrected chi connectivity index (χ2v) is 8.44. The molecule has 1 saturated carbocycles. The molecule has 3 rings (SSSR count). The molecule has 2 atom stereocenters. The fraction of sp³-hybridized carbons (Fsp3) is 0.609. The minimum Gasteiger partial charge on any atom is -0.467 e. The first-order valence-electron chi connectivity index (χ1n) is 10.7. The van der Waals surface area contributed by atoms with E-state index >= 15 is 0 Å². The third-order valence-corrected chi connectivity index (χ3v) is 7.13. The van der Waals surface area contributed by atoms with Gasteiger partial charge in [0.25, 0.3) is 0 Å². The number of esters is 1. The lowest BCUT2D eigenvalue weighted by Crippen LogP contribution is -2.65. The number of Topliss-reactive ketones (excluding diaryl/α,β-unsaturated/α-hetero) is 1. The van der Waals surface area contributed by atoms with Crippen LogP contribution in [0.3, 0.4) is 0 Å². The molecule has 2 aliphatic rings. The van der Waals surface area contributed by atoms with Crippen molar-refractivity contribution in [2.45, 2.75) is 57.6 Å². The lowest BCUT2D eigenvalue weighted by molar-refractivity contribution is -0.166. The number of benzene rings is 1. The number of nitrogens with zero attached hydrogens (tertiary/aromatic N) is 1. The van der Waals surface area contributed by atoms with Gasteiger partial charge in [-0.1, -0.05) is 49.6 Å². The Labute approximate surface area is 177 Å². The van der Waals surface area contributed by atoms with Gasteiger partial charge in [0.1, 0.15) is 6.61 Å². The Balaban J connectivity index is 1.95. The summed E-state index contributed by atoms with van der Waals surface area (Å²) in [4.78, 5) is 40.9. The molecule has 1 saturated heterocycles. The molecule has 1 aliphatic carbocycles. The van der Waals surface area contributed by atoms with Crippen LogP contribution in [0.1, 0.15) is 51.0 Å². The molecule has 1 amide bonds. The summed E-state index contributed by atoms with van der Waals surface area (Å²) in [5, 5.41) is 0. The van der Waals surface area contributed by atoms with Crippen LogP contribution >= 0.6 is 0 Å². The predicted molar refractivity (Wildman–Crippen MR) is 111 cm³/mol. The van der Waals surface area contributed by atoms with Crippen LogP contribution < -0.4 is 5.73 Å². The van der Waals surface area contributed by atoms with Gasteiger partial charge in [0.15, 0.2) is 11.3 Å². The van der Waals surface area contributed by atoms with Gasteiger partial charge in [-0.25, -0.2) is 9.59 Å². The molecule has 0 aromatic heterocycles. The van der Waals surface area contributed by atoms with Crippen LogP contribution in [-0.4, -0.2) is 48.5 Å². The number of carbonyl (C=O) groups excluding carboxylic acids is 3. The summed E-state index contributed by atoms with van der Waals surface area (Å²) in [7, 11) is 1.29. The molecular formula is C23H32N2O5. The Kier molecular flexibility index (Phi) is 6.81. The molecule has 1 heterocycles. The molecule has 1 aromatic carbocycles. The van der Waals surface area contributed by atoms with Crippen LogP contribution in [0.25, 0.3) is 0 Å². The highest BCUT2D eigenvalue weighted by molar-refractivity contribution is 5.99. The van der Waals surface area contributed by atoms with Crippen LogP contribution in [0.15, 0.2) is 30.3 Å². The van der Waals surface area contributed by atoms with E-state index in [0.29, 0.717) is 6.42 Å². The first-order chi connectivity index (χ1) is 14.4. The van der Waals surface area contributed by atoms with Gasteiger partial charge in [-0.15, -0.1) is 0 Å². The van der Waals surface area contributed by atoms with Gasteiger partial charge in [-0.3, -0.25) is 9.69 Å². The number of hydrogen-bond donors (Lipinski definition) is 1. The smallest absolute Gasteiger partial charge is 0.411 e. The van der Waals surface area contributed by atoms with E-state index in [0.717, 1.165) is 37.7 Å². The number of likely N-dealkylation sites (tertiary alicyclic amines) is 1. The van der Waals surface area contributed by atoms with Crippen LogP contribution in [0.2, 0.25) is 0 Å². The van der Waals surface area contributed by atoms with Crippen LogP contribution in [-0.2, 0) is 25.7 Å². The maximum absolute atomic E-state index is 13.3. The topological polar surface area (TPSA) is 98.9 Å². The fourth-order valence-electron chi connectivity index (χ4n) is 5.58. The first kappa shape index (κ1) is 22.3. The van der Waals surface area contributed by atoms with Gasteiger partial charge >= 0.3 is 12.1 Å². The second-order valence-electron chi connectivity index (χ2n) is 8.44. The zero-order chi connectivity index (χ0) is 21.8. The summed E-state index contributed by atoms with van der Waals surface area (Å²) in [6.45, 7) is 1.82. The Hall–Kier alpha value is -2.41. The van der Waals surface area contributed by atoms with Crippen LogP contribution in [0.4, 0.5) is 4.79 Å². The molecule has 0 spiro atoms. The Morgan fingerprint density at radius 3 is 2.40 bits per heavy atom. The number of amides is 1. The molecule has 7 heteroatoms. The molecule has 0 bridgehead atoms. The van der Waals surface area contributed by atoms with Crippen molar-refractivity contribution in [1.82, 2.24) is 4.90 Å². The van der Waals surface area contributed by atoms with Gasteiger partial charge in [-0.05, 0) is 37.7 Å². The van der Waals surface area contributed by atoms with Crippen molar-refractivity contribution < 1.29 is 23.9 Å². The summed E-state index contributed by atoms with van der Waals surface area (Å²) in [6.07, 6.45) is 4.56. The minimum atomic E-state index is -1.45. The molecule has 2 N–H and O–H groups in total. The molecule has 1 aromatic rings. The van der Waals surface area contributed by atoms with Crippen molar-refractivity contribution in [3.63, 3.8) is 0 Å². The zero-order valence-electron chi connectivity index (χ0n) is 17.9. The van der Waals surface area contributed by atoms with Gasteiger partial charge in [0.05, 0.1) is 19.1 Å². The van der Waals surface area contributed by atoms with E-state index in [9.17, 15) is 14.4 Å². The van der Waals surface area contributed by atoms with Crippen molar-refractivity contribution in [3.05, 3.63) is 35.9 Å². The van der Waals surface area contributed by atoms with E-state index in [1.165, 1.54) is 12.0 Å². The molecule has 1 unspecified atom stereocenters. The third-order valence-electron chi connectivity index (χ3n) is 7.13. The van der Waals surface area contributed by atoms with E-state index < -0.39 is 23.0 Å². The Morgan fingerprint density at radius 2 is 1.80 bits per heavy atom. The van der Waals surface area contributed by atoms with Gasteiger partial charge in [0.2, 0.25) is 0 Å². The number of ether oxygens (including phenoxy) is 2. The Bertz CT molecular complexity index is 777. The second kappa shape index (κ2) is 9.16. The maximum atomic E-state index is 13.3. The molecule has 30 heavy (non-hydrogen) atoms. The number of nitrogens with two attached hydrogens (primary N) is 1. The predicted octanol–water partition coefficient (Wildman–Crippen LogP) is 3.06. The highest BCUT2D eigenvalue weighted by atomic mass is 16.6. The maximum Gasteiger partial charge on any atom is 0.411 e. The van der Waals surface area contributed by atoms with E-state index in [4.69, 9.17) is 15.2 Å². The lowest BCUT2D eigenvalue weighted by atomic mass is 9.57. The number of hydrogen-bond acceptors (Lipinski definition) is 6. The number of ketones is 1. The molecule has 1 aliphatic heterocycles. The summed E-state index contributed by atoms with van der Waals surface area (Å²) in [5.74, 6) is -0.789. The van der Waals surface area contributed by atoms with E-state index in [2.05, 4.69) is 0 Å². The normalized spacial score (nSPS) is 27.0. The molecule has 7 nitrogen and oxygen atoms in total. The third kappa shape index (κ3) is 3.60. The summed E-state index contributed by atoms with van der Waals surface area (Å²) >= 11 is 0.